The van der Waals surface area contributed by atoms with Crippen LogP contribution in [-0.4, -0.2) is 13.0 Å². The molecule has 0 spiro atoms. The summed E-state index contributed by atoms with van der Waals surface area (Å²) in [6.45, 7) is 4.01. The second-order valence-corrected chi connectivity index (χ2v) is 3.39. The smallest absolute Gasteiger partial charge is 0.230 e. The Labute approximate surface area is 73.4 Å². The molecular weight excluding hydrogens is 150 g/mol. The van der Waals surface area contributed by atoms with Crippen LogP contribution in [0.15, 0.2) is 24.3 Å². The Morgan fingerprint density at radius 3 is 2.67 bits per heavy atom. The average Bonchev–Trinajstić information content (AvgIpc) is 2.09. The van der Waals surface area contributed by atoms with E-state index in [1.54, 1.807) is 7.05 Å². The fourth-order valence-corrected chi connectivity index (χ4v) is 1.39. The standard InChI is InChI=1S/C10H15NO/c1-8-6-4-5-7-10(8,2)9(12)11-3/h4-8H,1-3H3,(H,11,12). The Morgan fingerprint density at radius 1 is 1.50 bits per heavy atom. The van der Waals surface area contributed by atoms with Crippen LogP contribution in [-0.2, 0) is 4.79 Å². The molecule has 0 aromatic rings. The van der Waals surface area contributed by atoms with E-state index in [1.807, 2.05) is 25.2 Å². The molecule has 2 heteroatoms. The molecule has 2 unspecified atom stereocenters. The van der Waals surface area contributed by atoms with E-state index in [-0.39, 0.29) is 17.2 Å². The number of carbonyl (C=O) groups is 1. The van der Waals surface area contributed by atoms with E-state index in [1.165, 1.54) is 0 Å². The van der Waals surface area contributed by atoms with E-state index in [0.29, 0.717) is 0 Å². The zero-order chi connectivity index (χ0) is 9.19. The highest BCUT2D eigenvalue weighted by molar-refractivity contribution is 5.84. The summed E-state index contributed by atoms with van der Waals surface area (Å²) in [5.74, 6) is 0.345. The lowest BCUT2D eigenvalue weighted by atomic mass is 9.75. The molecule has 1 aliphatic carbocycles. The molecule has 1 rings (SSSR count). The number of allylic oxidation sites excluding steroid dienone is 3. The number of hydrogen-bond acceptors (Lipinski definition) is 1. The lowest BCUT2D eigenvalue weighted by Crippen LogP contribution is -2.40. The summed E-state index contributed by atoms with van der Waals surface area (Å²) in [4.78, 5) is 11.5. The van der Waals surface area contributed by atoms with Gasteiger partial charge in [0.2, 0.25) is 5.91 Å². The normalized spacial score (nSPS) is 33.4. The number of nitrogens with one attached hydrogen (secondary N) is 1. The highest BCUT2D eigenvalue weighted by Gasteiger charge is 2.35. The molecule has 66 valence electrons. The minimum Gasteiger partial charge on any atom is -0.358 e. The van der Waals surface area contributed by atoms with Gasteiger partial charge >= 0.3 is 0 Å². The highest BCUT2D eigenvalue weighted by Crippen LogP contribution is 2.32. The monoisotopic (exact) mass is 165 g/mol. The fraction of sp³-hybridized carbons (Fsp3) is 0.500. The van der Waals surface area contributed by atoms with Gasteiger partial charge in [0.05, 0.1) is 5.41 Å². The van der Waals surface area contributed by atoms with Crippen LogP contribution >= 0.6 is 0 Å². The van der Waals surface area contributed by atoms with Gasteiger partial charge in [-0.2, -0.15) is 0 Å². The van der Waals surface area contributed by atoms with Gasteiger partial charge < -0.3 is 5.32 Å². The predicted octanol–water partition coefficient (Wildman–Crippen LogP) is 1.50. The Bertz CT molecular complexity index is 242. The molecule has 0 aromatic heterocycles. The molecule has 0 saturated heterocycles. The minimum atomic E-state index is -0.372. The van der Waals surface area contributed by atoms with Crippen LogP contribution in [0.1, 0.15) is 13.8 Å². The zero-order valence-electron chi connectivity index (χ0n) is 7.79. The van der Waals surface area contributed by atoms with E-state index in [2.05, 4.69) is 18.3 Å². The first kappa shape index (κ1) is 9.04. The minimum absolute atomic E-state index is 0.0793. The molecule has 2 atom stereocenters. The molecule has 1 N–H and O–H groups in total. The molecular formula is C10H15NO. The molecule has 1 amide bonds. The van der Waals surface area contributed by atoms with Crippen LogP contribution in [0.3, 0.4) is 0 Å². The molecule has 0 aliphatic heterocycles. The van der Waals surface area contributed by atoms with E-state index in [9.17, 15) is 4.79 Å². The van der Waals surface area contributed by atoms with Crippen molar-refractivity contribution in [3.63, 3.8) is 0 Å². The van der Waals surface area contributed by atoms with Gasteiger partial charge in [-0.25, -0.2) is 0 Å². The van der Waals surface area contributed by atoms with Crippen LogP contribution in [0, 0.1) is 11.3 Å². The number of rotatable bonds is 1. The average molecular weight is 165 g/mol. The Kier molecular flexibility index (Phi) is 2.36. The summed E-state index contributed by atoms with van der Waals surface area (Å²) < 4.78 is 0. The third-order valence-electron chi connectivity index (χ3n) is 2.62. The molecule has 0 bridgehead atoms. The molecule has 0 heterocycles. The van der Waals surface area contributed by atoms with Crippen LogP contribution in [0.4, 0.5) is 0 Å². The molecule has 0 saturated carbocycles. The maximum absolute atomic E-state index is 11.5. The van der Waals surface area contributed by atoms with Gasteiger partial charge in [0.25, 0.3) is 0 Å². The van der Waals surface area contributed by atoms with Crippen molar-refractivity contribution < 1.29 is 4.79 Å². The van der Waals surface area contributed by atoms with Gasteiger partial charge in [-0.1, -0.05) is 31.2 Å². The molecule has 0 radical (unpaired) electrons. The van der Waals surface area contributed by atoms with Crippen molar-refractivity contribution in [1.29, 1.82) is 0 Å². The predicted molar refractivity (Wildman–Crippen MR) is 49.6 cm³/mol. The van der Waals surface area contributed by atoms with E-state index >= 15 is 0 Å². The molecule has 2 nitrogen and oxygen atoms in total. The van der Waals surface area contributed by atoms with Crippen molar-refractivity contribution in [3.8, 4) is 0 Å². The number of hydrogen-bond donors (Lipinski definition) is 1. The SMILES string of the molecule is CNC(=O)C1(C)C=CC=CC1C. The molecule has 12 heavy (non-hydrogen) atoms. The lowest BCUT2D eigenvalue weighted by molar-refractivity contribution is -0.128. The fourth-order valence-electron chi connectivity index (χ4n) is 1.39. The summed E-state index contributed by atoms with van der Waals surface area (Å²) in [5.41, 5.74) is -0.372. The largest absolute Gasteiger partial charge is 0.358 e. The first-order valence-electron chi connectivity index (χ1n) is 4.19. The summed E-state index contributed by atoms with van der Waals surface area (Å²) in [6, 6.07) is 0. The Morgan fingerprint density at radius 2 is 2.17 bits per heavy atom. The summed E-state index contributed by atoms with van der Waals surface area (Å²) in [5, 5.41) is 2.68. The van der Waals surface area contributed by atoms with E-state index < -0.39 is 0 Å². The molecule has 1 aliphatic rings. The Hall–Kier alpha value is -1.05. The van der Waals surface area contributed by atoms with Crippen molar-refractivity contribution in [3.05, 3.63) is 24.3 Å². The van der Waals surface area contributed by atoms with Crippen LogP contribution in [0.25, 0.3) is 0 Å². The first-order valence-corrected chi connectivity index (χ1v) is 4.19. The maximum atomic E-state index is 11.5. The summed E-state index contributed by atoms with van der Waals surface area (Å²) >= 11 is 0. The Balaban J connectivity index is 2.90. The zero-order valence-corrected chi connectivity index (χ0v) is 7.79. The summed E-state index contributed by atoms with van der Waals surface area (Å²) in [6.07, 6.45) is 7.91. The second kappa shape index (κ2) is 3.13. The van der Waals surface area contributed by atoms with Crippen LogP contribution in [0.5, 0.6) is 0 Å². The van der Waals surface area contributed by atoms with Gasteiger partial charge in [-0.05, 0) is 12.8 Å². The van der Waals surface area contributed by atoms with Crippen molar-refractivity contribution in [2.45, 2.75) is 13.8 Å². The van der Waals surface area contributed by atoms with Gasteiger partial charge in [0, 0.05) is 7.05 Å². The van der Waals surface area contributed by atoms with Crippen molar-refractivity contribution in [2.24, 2.45) is 11.3 Å². The van der Waals surface area contributed by atoms with Crippen LogP contribution in [0.2, 0.25) is 0 Å². The van der Waals surface area contributed by atoms with Crippen molar-refractivity contribution in [2.75, 3.05) is 7.05 Å². The lowest BCUT2D eigenvalue weighted by Gasteiger charge is -2.30. The van der Waals surface area contributed by atoms with E-state index in [0.717, 1.165) is 0 Å². The quantitative estimate of drug-likeness (QED) is 0.626. The van der Waals surface area contributed by atoms with E-state index in [4.69, 9.17) is 0 Å². The van der Waals surface area contributed by atoms with Crippen LogP contribution < -0.4 is 5.32 Å². The highest BCUT2D eigenvalue weighted by atomic mass is 16.2. The van der Waals surface area contributed by atoms with Gasteiger partial charge in [0.15, 0.2) is 0 Å². The number of amides is 1. The molecule has 0 aromatic carbocycles. The third-order valence-corrected chi connectivity index (χ3v) is 2.62. The topological polar surface area (TPSA) is 29.1 Å². The number of carbonyl (C=O) groups excluding carboxylic acids is 1. The second-order valence-electron chi connectivity index (χ2n) is 3.39. The van der Waals surface area contributed by atoms with Gasteiger partial charge in [-0.15, -0.1) is 0 Å². The van der Waals surface area contributed by atoms with Crippen molar-refractivity contribution in [1.82, 2.24) is 5.32 Å². The van der Waals surface area contributed by atoms with Crippen molar-refractivity contribution >= 4 is 5.91 Å². The molecule has 0 fully saturated rings. The van der Waals surface area contributed by atoms with Gasteiger partial charge in [-0.3, -0.25) is 4.79 Å². The third kappa shape index (κ3) is 1.29. The summed E-state index contributed by atoms with van der Waals surface area (Å²) in [7, 11) is 1.67. The maximum Gasteiger partial charge on any atom is 0.230 e. The van der Waals surface area contributed by atoms with Gasteiger partial charge in [0.1, 0.15) is 0 Å². The first-order chi connectivity index (χ1) is 5.61.